The van der Waals surface area contributed by atoms with Gasteiger partial charge in [-0.15, -0.1) is 0 Å². The van der Waals surface area contributed by atoms with E-state index in [9.17, 15) is 5.11 Å². The number of ether oxygens (including phenoxy) is 1. The lowest BCUT2D eigenvalue weighted by atomic mass is 9.98. The maximum atomic E-state index is 9.19. The molecule has 5 atom stereocenters. The fourth-order valence-electron chi connectivity index (χ4n) is 1.13. The molecule has 0 aromatic heterocycles. The number of rotatable bonds is 1. The molecule has 72 valence electrons. The van der Waals surface area contributed by atoms with E-state index in [-0.39, 0.29) is 0 Å². The molecule has 6 nitrogen and oxygen atoms in total. The summed E-state index contributed by atoms with van der Waals surface area (Å²) in [5.41, 5.74) is 5.38. The minimum Gasteiger partial charge on any atom is -0.394 e. The van der Waals surface area contributed by atoms with Gasteiger partial charge in [0, 0.05) is 0 Å². The predicted molar refractivity (Wildman–Crippen MR) is 38.0 cm³/mol. The first-order chi connectivity index (χ1) is 5.57. The molecule has 1 aliphatic heterocycles. The molecule has 6 heteroatoms. The molecule has 1 rings (SSSR count). The molecule has 1 fully saturated rings. The zero-order valence-corrected chi connectivity index (χ0v) is 6.37. The Hall–Kier alpha value is -0.240. The van der Waals surface area contributed by atoms with Crippen LogP contribution in [0.2, 0.25) is 0 Å². The zero-order valence-electron chi connectivity index (χ0n) is 6.37. The lowest BCUT2D eigenvalue weighted by Gasteiger charge is -2.38. The van der Waals surface area contributed by atoms with Gasteiger partial charge in [0.05, 0.1) is 12.6 Å². The summed E-state index contributed by atoms with van der Waals surface area (Å²) in [7, 11) is 0. The van der Waals surface area contributed by atoms with Crippen LogP contribution in [-0.2, 0) is 4.74 Å². The van der Waals surface area contributed by atoms with Crippen LogP contribution >= 0.6 is 0 Å². The molecule has 0 aromatic carbocycles. The Bertz CT molecular complexity index is 150. The third kappa shape index (κ3) is 1.58. The average molecular weight is 179 g/mol. The molecule has 0 aromatic rings. The predicted octanol–water partition coefficient (Wildman–Crippen LogP) is -3.26. The molecule has 1 heterocycles. The summed E-state index contributed by atoms with van der Waals surface area (Å²) in [4.78, 5) is 0. The van der Waals surface area contributed by atoms with E-state index in [2.05, 4.69) is 0 Å². The summed E-state index contributed by atoms with van der Waals surface area (Å²) in [5, 5.41) is 35.9. The quantitative estimate of drug-likeness (QED) is 0.288. The second-order valence-electron chi connectivity index (χ2n) is 2.81. The molecule has 1 saturated heterocycles. The summed E-state index contributed by atoms with van der Waals surface area (Å²) in [6, 6.07) is -0.881. The number of aliphatic hydroxyl groups is 4. The molecule has 0 saturated carbocycles. The summed E-state index contributed by atoms with van der Waals surface area (Å²) in [6.07, 6.45) is -5.01. The van der Waals surface area contributed by atoms with E-state index in [1.165, 1.54) is 0 Å². The molecule has 0 aliphatic carbocycles. The third-order valence-electron chi connectivity index (χ3n) is 1.96. The largest absolute Gasteiger partial charge is 0.394 e. The fraction of sp³-hybridized carbons (Fsp3) is 1.00. The van der Waals surface area contributed by atoms with Crippen LogP contribution in [-0.4, -0.2) is 57.7 Å². The van der Waals surface area contributed by atoms with E-state index in [1.54, 1.807) is 0 Å². The van der Waals surface area contributed by atoms with Crippen molar-refractivity contribution in [3.8, 4) is 0 Å². The van der Waals surface area contributed by atoms with Crippen molar-refractivity contribution in [2.24, 2.45) is 5.73 Å². The Labute approximate surface area is 69.2 Å². The maximum absolute atomic E-state index is 9.19. The molecule has 1 aliphatic rings. The molecule has 0 spiro atoms. The normalized spacial score (nSPS) is 49.2. The topological polar surface area (TPSA) is 116 Å². The third-order valence-corrected chi connectivity index (χ3v) is 1.96. The lowest BCUT2D eigenvalue weighted by molar-refractivity contribution is -0.258. The Morgan fingerprint density at radius 3 is 2.25 bits per heavy atom. The van der Waals surface area contributed by atoms with E-state index in [4.69, 9.17) is 25.8 Å². The summed E-state index contributed by atoms with van der Waals surface area (Å²) < 4.78 is 4.70. The fourth-order valence-corrected chi connectivity index (χ4v) is 1.13. The average Bonchev–Trinajstić information content (AvgIpc) is 2.08. The van der Waals surface area contributed by atoms with Crippen molar-refractivity contribution in [3.05, 3.63) is 0 Å². The van der Waals surface area contributed by atoms with Crippen molar-refractivity contribution in [1.82, 2.24) is 0 Å². The van der Waals surface area contributed by atoms with Gasteiger partial charge in [0.15, 0.2) is 6.29 Å². The molecule has 6 N–H and O–H groups in total. The van der Waals surface area contributed by atoms with Crippen LogP contribution in [0.25, 0.3) is 0 Å². The van der Waals surface area contributed by atoms with E-state index in [0.29, 0.717) is 0 Å². The number of aliphatic hydroxyl groups excluding tert-OH is 4. The van der Waals surface area contributed by atoms with Gasteiger partial charge < -0.3 is 30.9 Å². The van der Waals surface area contributed by atoms with E-state index in [1.807, 2.05) is 0 Å². The molecule has 0 bridgehead atoms. The van der Waals surface area contributed by atoms with Crippen molar-refractivity contribution in [2.75, 3.05) is 6.61 Å². The first-order valence-electron chi connectivity index (χ1n) is 3.64. The van der Waals surface area contributed by atoms with Crippen molar-refractivity contribution < 1.29 is 25.2 Å². The highest BCUT2D eigenvalue weighted by Gasteiger charge is 2.41. The highest BCUT2D eigenvalue weighted by molar-refractivity contribution is 4.90. The summed E-state index contributed by atoms with van der Waals surface area (Å²) in [5.74, 6) is 0. The van der Waals surface area contributed by atoms with Crippen LogP contribution in [0.5, 0.6) is 0 Å². The first kappa shape index (κ1) is 9.85. The van der Waals surface area contributed by atoms with Gasteiger partial charge in [-0.3, -0.25) is 0 Å². The van der Waals surface area contributed by atoms with Crippen LogP contribution in [0.3, 0.4) is 0 Å². The van der Waals surface area contributed by atoms with Crippen molar-refractivity contribution >= 4 is 0 Å². The van der Waals surface area contributed by atoms with Crippen LogP contribution in [0, 0.1) is 0 Å². The van der Waals surface area contributed by atoms with Crippen molar-refractivity contribution in [1.29, 1.82) is 0 Å². The first-order valence-corrected chi connectivity index (χ1v) is 3.64. The smallest absolute Gasteiger partial charge is 0.183 e. The van der Waals surface area contributed by atoms with Gasteiger partial charge in [0.25, 0.3) is 0 Å². The van der Waals surface area contributed by atoms with Gasteiger partial charge in [-0.1, -0.05) is 0 Å². The van der Waals surface area contributed by atoms with Crippen LogP contribution < -0.4 is 5.73 Å². The molecule has 0 amide bonds. The summed E-state index contributed by atoms with van der Waals surface area (Å²) >= 11 is 0. The molecule has 0 radical (unpaired) electrons. The SMILES string of the molecule is N[C@@H]1[C@H](O)[C@@H](O)[C@H](O)O[C@@H]1CO. The number of nitrogens with two attached hydrogens (primary N) is 1. The van der Waals surface area contributed by atoms with Gasteiger partial charge in [-0.25, -0.2) is 0 Å². The van der Waals surface area contributed by atoms with E-state index < -0.39 is 37.3 Å². The van der Waals surface area contributed by atoms with Gasteiger partial charge in [-0.2, -0.15) is 0 Å². The molecule has 0 unspecified atom stereocenters. The Morgan fingerprint density at radius 1 is 1.17 bits per heavy atom. The summed E-state index contributed by atoms with van der Waals surface area (Å²) in [6.45, 7) is -0.401. The second kappa shape index (κ2) is 3.65. The standard InChI is InChI=1S/C6H13NO5/c7-3-2(1-8)12-6(11)5(10)4(3)9/h2-6,8-11H,1,7H2/t2-,3+,4+,5-,6-/m1/s1. The Morgan fingerprint density at radius 2 is 1.75 bits per heavy atom. The highest BCUT2D eigenvalue weighted by Crippen LogP contribution is 2.17. The second-order valence-corrected chi connectivity index (χ2v) is 2.81. The Kier molecular flexibility index (Phi) is 2.99. The van der Waals surface area contributed by atoms with Gasteiger partial charge in [-0.05, 0) is 0 Å². The molecule has 12 heavy (non-hydrogen) atoms. The number of hydrogen-bond acceptors (Lipinski definition) is 6. The minimum atomic E-state index is -1.49. The van der Waals surface area contributed by atoms with Crippen molar-refractivity contribution in [3.63, 3.8) is 0 Å². The number of hydrogen-bond donors (Lipinski definition) is 5. The molecular weight excluding hydrogens is 166 g/mol. The van der Waals surface area contributed by atoms with Crippen LogP contribution in [0.1, 0.15) is 0 Å². The van der Waals surface area contributed by atoms with E-state index in [0.717, 1.165) is 0 Å². The minimum absolute atomic E-state index is 0.401. The van der Waals surface area contributed by atoms with Crippen LogP contribution in [0.15, 0.2) is 0 Å². The zero-order chi connectivity index (χ0) is 9.30. The van der Waals surface area contributed by atoms with Gasteiger partial charge >= 0.3 is 0 Å². The van der Waals surface area contributed by atoms with Gasteiger partial charge in [0.1, 0.15) is 18.3 Å². The lowest BCUT2D eigenvalue weighted by Crippen LogP contribution is -2.61. The Balaban J connectivity index is 2.63. The molecular formula is C6H13NO5. The van der Waals surface area contributed by atoms with Crippen molar-refractivity contribution in [2.45, 2.75) is 30.6 Å². The maximum Gasteiger partial charge on any atom is 0.183 e. The highest BCUT2D eigenvalue weighted by atomic mass is 16.6. The van der Waals surface area contributed by atoms with E-state index >= 15 is 0 Å². The van der Waals surface area contributed by atoms with Crippen LogP contribution in [0.4, 0.5) is 0 Å². The van der Waals surface area contributed by atoms with Gasteiger partial charge in [0.2, 0.25) is 0 Å². The monoisotopic (exact) mass is 179 g/mol.